The van der Waals surface area contributed by atoms with E-state index in [0.717, 1.165) is 11.8 Å². The molecule has 1 N–H and O–H groups in total. The van der Waals surface area contributed by atoms with Gasteiger partial charge in [0.05, 0.1) is 11.4 Å². The van der Waals surface area contributed by atoms with Gasteiger partial charge < -0.3 is 5.11 Å². The molecule has 0 aliphatic carbocycles. The lowest BCUT2D eigenvalue weighted by Crippen LogP contribution is -2.18. The van der Waals surface area contributed by atoms with Gasteiger partial charge in [0.2, 0.25) is 0 Å². The van der Waals surface area contributed by atoms with Crippen molar-refractivity contribution in [2.24, 2.45) is 0 Å². The smallest absolute Gasteiger partial charge is 0.0567 e. The molecule has 0 fully saturated rings. The van der Waals surface area contributed by atoms with Crippen molar-refractivity contribution in [2.75, 3.05) is 11.9 Å². The van der Waals surface area contributed by atoms with Crippen LogP contribution in [0.15, 0.2) is 0 Å². The fourth-order valence-electron chi connectivity index (χ4n) is 0.399. The molecular formula is C5H9Br3O. The SMILES string of the molecule is OCC(Br)C(Br)CCBr. The number of aliphatic hydroxyl groups excluding tert-OH is 1. The maximum atomic E-state index is 8.64. The van der Waals surface area contributed by atoms with Crippen LogP contribution >= 0.6 is 47.8 Å². The predicted molar refractivity (Wildman–Crippen MR) is 50.9 cm³/mol. The van der Waals surface area contributed by atoms with Crippen molar-refractivity contribution < 1.29 is 5.11 Å². The Balaban J connectivity index is 3.32. The van der Waals surface area contributed by atoms with Gasteiger partial charge in [-0.3, -0.25) is 0 Å². The highest BCUT2D eigenvalue weighted by Crippen LogP contribution is 2.17. The van der Waals surface area contributed by atoms with Crippen molar-refractivity contribution in [2.45, 2.75) is 16.1 Å². The van der Waals surface area contributed by atoms with Gasteiger partial charge in [0.1, 0.15) is 0 Å². The van der Waals surface area contributed by atoms with Gasteiger partial charge in [-0.25, -0.2) is 0 Å². The standard InChI is InChI=1S/C5H9Br3O/c6-2-1-4(7)5(8)3-9/h4-5,9H,1-3H2. The Morgan fingerprint density at radius 1 is 1.22 bits per heavy atom. The monoisotopic (exact) mass is 322 g/mol. The van der Waals surface area contributed by atoms with Crippen LogP contribution < -0.4 is 0 Å². The molecular weight excluding hydrogens is 316 g/mol. The van der Waals surface area contributed by atoms with Gasteiger partial charge in [-0.15, -0.1) is 0 Å². The van der Waals surface area contributed by atoms with Gasteiger partial charge in [0.25, 0.3) is 0 Å². The second-order valence-corrected chi connectivity index (χ2v) is 4.84. The number of alkyl halides is 3. The summed E-state index contributed by atoms with van der Waals surface area (Å²) in [6.45, 7) is 0.183. The summed E-state index contributed by atoms with van der Waals surface area (Å²) in [4.78, 5) is 0.539. The van der Waals surface area contributed by atoms with E-state index in [1.165, 1.54) is 0 Å². The minimum atomic E-state index is 0.176. The Kier molecular flexibility index (Phi) is 7.09. The Morgan fingerprint density at radius 2 is 1.78 bits per heavy atom. The van der Waals surface area contributed by atoms with E-state index >= 15 is 0 Å². The van der Waals surface area contributed by atoms with Crippen molar-refractivity contribution in [3.05, 3.63) is 0 Å². The largest absolute Gasteiger partial charge is 0.395 e. The Morgan fingerprint density at radius 3 is 2.11 bits per heavy atom. The molecule has 2 unspecified atom stereocenters. The number of halogens is 3. The van der Waals surface area contributed by atoms with Gasteiger partial charge in [-0.05, 0) is 6.42 Å². The van der Waals surface area contributed by atoms with Crippen LogP contribution in [0.4, 0.5) is 0 Å². The Hall–Kier alpha value is 1.40. The molecule has 0 heterocycles. The van der Waals surface area contributed by atoms with Crippen molar-refractivity contribution in [3.8, 4) is 0 Å². The molecule has 0 aliphatic rings. The van der Waals surface area contributed by atoms with Crippen molar-refractivity contribution in [1.82, 2.24) is 0 Å². The number of hydrogen-bond acceptors (Lipinski definition) is 1. The van der Waals surface area contributed by atoms with Crippen LogP contribution in [-0.4, -0.2) is 26.7 Å². The van der Waals surface area contributed by atoms with Crippen LogP contribution in [-0.2, 0) is 0 Å². The van der Waals surface area contributed by atoms with Crippen LogP contribution in [0.25, 0.3) is 0 Å². The summed E-state index contributed by atoms with van der Waals surface area (Å²) in [6.07, 6.45) is 1.02. The third kappa shape index (κ3) is 4.76. The van der Waals surface area contributed by atoms with E-state index < -0.39 is 0 Å². The second kappa shape index (κ2) is 6.13. The average molecular weight is 325 g/mol. The first kappa shape index (κ1) is 10.4. The molecule has 9 heavy (non-hydrogen) atoms. The molecule has 0 saturated carbocycles. The van der Waals surface area contributed by atoms with Gasteiger partial charge >= 0.3 is 0 Å². The maximum Gasteiger partial charge on any atom is 0.0567 e. The molecule has 0 rings (SSSR count). The molecule has 0 radical (unpaired) electrons. The first-order valence-electron chi connectivity index (χ1n) is 2.67. The molecule has 0 aromatic carbocycles. The van der Waals surface area contributed by atoms with E-state index in [2.05, 4.69) is 47.8 Å². The predicted octanol–water partition coefficient (Wildman–Crippen LogP) is 2.29. The number of aliphatic hydroxyl groups is 1. The van der Waals surface area contributed by atoms with Gasteiger partial charge in [0, 0.05) is 10.2 Å². The lowest BCUT2D eigenvalue weighted by atomic mass is 10.3. The minimum Gasteiger partial charge on any atom is -0.395 e. The molecule has 0 spiro atoms. The highest BCUT2D eigenvalue weighted by Gasteiger charge is 2.12. The van der Waals surface area contributed by atoms with E-state index in [1.807, 2.05) is 0 Å². The highest BCUT2D eigenvalue weighted by atomic mass is 79.9. The van der Waals surface area contributed by atoms with Gasteiger partial charge in [-0.1, -0.05) is 47.8 Å². The summed E-state index contributed by atoms with van der Waals surface area (Å²) in [6, 6.07) is 0. The van der Waals surface area contributed by atoms with Gasteiger partial charge in [0.15, 0.2) is 0 Å². The molecule has 0 aromatic rings. The van der Waals surface area contributed by atoms with Crippen LogP contribution in [0.3, 0.4) is 0 Å². The van der Waals surface area contributed by atoms with E-state index in [-0.39, 0.29) is 11.4 Å². The van der Waals surface area contributed by atoms with Gasteiger partial charge in [-0.2, -0.15) is 0 Å². The first-order chi connectivity index (χ1) is 4.22. The molecule has 4 heteroatoms. The van der Waals surface area contributed by atoms with Crippen LogP contribution in [0.2, 0.25) is 0 Å². The maximum absolute atomic E-state index is 8.64. The highest BCUT2D eigenvalue weighted by molar-refractivity contribution is 9.12. The van der Waals surface area contributed by atoms with Crippen molar-refractivity contribution in [3.63, 3.8) is 0 Å². The van der Waals surface area contributed by atoms with Crippen LogP contribution in [0.1, 0.15) is 6.42 Å². The summed E-state index contributed by atoms with van der Waals surface area (Å²) in [5, 5.41) is 9.60. The molecule has 0 amide bonds. The third-order valence-electron chi connectivity index (χ3n) is 0.952. The topological polar surface area (TPSA) is 20.2 Å². The minimum absolute atomic E-state index is 0.176. The van der Waals surface area contributed by atoms with E-state index in [1.54, 1.807) is 0 Å². The Labute approximate surface area is 80.6 Å². The van der Waals surface area contributed by atoms with E-state index in [4.69, 9.17) is 5.11 Å². The van der Waals surface area contributed by atoms with Crippen molar-refractivity contribution >= 4 is 47.8 Å². The lowest BCUT2D eigenvalue weighted by Gasteiger charge is -2.11. The average Bonchev–Trinajstić information content (AvgIpc) is 1.87. The fourth-order valence-corrected chi connectivity index (χ4v) is 2.17. The molecule has 0 saturated heterocycles. The zero-order chi connectivity index (χ0) is 7.28. The summed E-state index contributed by atoms with van der Waals surface area (Å²) >= 11 is 10.1. The fraction of sp³-hybridized carbons (Fsp3) is 1.00. The molecule has 1 nitrogen and oxygen atoms in total. The summed E-state index contributed by atoms with van der Waals surface area (Å²) in [7, 11) is 0. The lowest BCUT2D eigenvalue weighted by molar-refractivity contribution is 0.295. The molecule has 56 valence electrons. The summed E-state index contributed by atoms with van der Waals surface area (Å²) in [5.74, 6) is 0. The summed E-state index contributed by atoms with van der Waals surface area (Å²) in [5.41, 5.74) is 0. The van der Waals surface area contributed by atoms with Crippen LogP contribution in [0, 0.1) is 0 Å². The first-order valence-corrected chi connectivity index (χ1v) is 5.62. The number of hydrogen-bond donors (Lipinski definition) is 1. The third-order valence-corrected chi connectivity index (χ3v) is 4.14. The zero-order valence-corrected chi connectivity index (χ0v) is 9.62. The zero-order valence-electron chi connectivity index (χ0n) is 4.86. The van der Waals surface area contributed by atoms with Crippen LogP contribution in [0.5, 0.6) is 0 Å². The van der Waals surface area contributed by atoms with E-state index in [0.29, 0.717) is 4.83 Å². The molecule has 0 aromatic heterocycles. The van der Waals surface area contributed by atoms with Crippen molar-refractivity contribution in [1.29, 1.82) is 0 Å². The Bertz CT molecular complexity index is 69.2. The molecule has 2 atom stereocenters. The van der Waals surface area contributed by atoms with E-state index in [9.17, 15) is 0 Å². The molecule has 0 aliphatic heterocycles. The molecule has 0 bridgehead atoms. The number of rotatable bonds is 4. The second-order valence-electron chi connectivity index (χ2n) is 1.69. The summed E-state index contributed by atoms with van der Waals surface area (Å²) < 4.78 is 0. The quantitative estimate of drug-likeness (QED) is 0.787. The normalized spacial score (nSPS) is 17.3.